The highest BCUT2D eigenvalue weighted by molar-refractivity contribution is 4.99. The summed E-state index contributed by atoms with van der Waals surface area (Å²) in [6, 6.07) is 0.925. The Hall–Kier alpha value is -0.900. The van der Waals surface area contributed by atoms with Crippen LogP contribution in [0, 0.1) is 0 Å². The first-order valence-electron chi connectivity index (χ1n) is 5.45. The van der Waals surface area contributed by atoms with E-state index in [2.05, 4.69) is 33.9 Å². The molecule has 0 radical (unpaired) electrons. The molecule has 1 saturated heterocycles. The SMILES string of the molecule is CCC(C)n1cnnc1C1CCCN1. The molecule has 0 aromatic carbocycles. The van der Waals surface area contributed by atoms with Crippen LogP contribution in [0.25, 0.3) is 0 Å². The van der Waals surface area contributed by atoms with E-state index >= 15 is 0 Å². The van der Waals surface area contributed by atoms with Crippen LogP contribution in [0.1, 0.15) is 51.0 Å². The number of hydrogen-bond donors (Lipinski definition) is 1. The lowest BCUT2D eigenvalue weighted by Gasteiger charge is -2.16. The molecular formula is C10H18N4. The van der Waals surface area contributed by atoms with Gasteiger partial charge in [-0.05, 0) is 32.7 Å². The molecule has 4 heteroatoms. The van der Waals surface area contributed by atoms with Crippen molar-refractivity contribution in [3.63, 3.8) is 0 Å². The number of aromatic nitrogens is 3. The van der Waals surface area contributed by atoms with Crippen molar-refractivity contribution < 1.29 is 0 Å². The lowest BCUT2D eigenvalue weighted by atomic mass is 10.2. The Morgan fingerprint density at radius 2 is 2.57 bits per heavy atom. The Labute approximate surface area is 84.7 Å². The first-order valence-corrected chi connectivity index (χ1v) is 5.45. The fourth-order valence-electron chi connectivity index (χ4n) is 1.94. The highest BCUT2D eigenvalue weighted by Crippen LogP contribution is 2.23. The van der Waals surface area contributed by atoms with Gasteiger partial charge >= 0.3 is 0 Å². The van der Waals surface area contributed by atoms with Crippen LogP contribution in [0.4, 0.5) is 0 Å². The molecule has 2 rings (SSSR count). The van der Waals surface area contributed by atoms with E-state index in [4.69, 9.17) is 0 Å². The second kappa shape index (κ2) is 4.09. The standard InChI is InChI=1S/C10H18N4/c1-3-8(2)14-7-12-13-10(14)9-5-4-6-11-9/h7-9,11H,3-6H2,1-2H3. The van der Waals surface area contributed by atoms with Gasteiger partial charge in [0, 0.05) is 6.04 Å². The molecule has 2 unspecified atom stereocenters. The zero-order valence-electron chi connectivity index (χ0n) is 8.90. The van der Waals surface area contributed by atoms with E-state index in [-0.39, 0.29) is 0 Å². The van der Waals surface area contributed by atoms with Gasteiger partial charge in [0.15, 0.2) is 0 Å². The van der Waals surface area contributed by atoms with Crippen molar-refractivity contribution in [1.29, 1.82) is 0 Å². The topological polar surface area (TPSA) is 42.7 Å². The van der Waals surface area contributed by atoms with Crippen LogP contribution in [0.5, 0.6) is 0 Å². The summed E-state index contributed by atoms with van der Waals surface area (Å²) in [5.74, 6) is 1.11. The first kappa shape index (κ1) is 9.65. The van der Waals surface area contributed by atoms with E-state index < -0.39 is 0 Å². The third-order valence-corrected chi connectivity index (χ3v) is 3.04. The summed E-state index contributed by atoms with van der Waals surface area (Å²) in [6.45, 7) is 5.51. The van der Waals surface area contributed by atoms with Gasteiger partial charge in [0.1, 0.15) is 12.2 Å². The van der Waals surface area contributed by atoms with Crippen molar-refractivity contribution in [3.8, 4) is 0 Å². The van der Waals surface area contributed by atoms with Crippen LogP contribution in [-0.2, 0) is 0 Å². The normalized spacial score (nSPS) is 24.0. The van der Waals surface area contributed by atoms with E-state index in [0.717, 1.165) is 18.8 Å². The third-order valence-electron chi connectivity index (χ3n) is 3.04. The molecule has 1 aliphatic heterocycles. The van der Waals surface area contributed by atoms with E-state index in [9.17, 15) is 0 Å². The van der Waals surface area contributed by atoms with Crippen molar-refractivity contribution in [2.24, 2.45) is 0 Å². The molecule has 2 heterocycles. The quantitative estimate of drug-likeness (QED) is 0.796. The minimum absolute atomic E-state index is 0.423. The molecule has 78 valence electrons. The molecule has 0 amide bonds. The monoisotopic (exact) mass is 194 g/mol. The molecule has 0 saturated carbocycles. The third kappa shape index (κ3) is 1.66. The molecule has 14 heavy (non-hydrogen) atoms. The van der Waals surface area contributed by atoms with Gasteiger partial charge in [0.05, 0.1) is 6.04 Å². The Morgan fingerprint density at radius 3 is 3.21 bits per heavy atom. The minimum atomic E-state index is 0.423. The van der Waals surface area contributed by atoms with E-state index in [0.29, 0.717) is 12.1 Å². The zero-order chi connectivity index (χ0) is 9.97. The summed E-state index contributed by atoms with van der Waals surface area (Å²) >= 11 is 0. The van der Waals surface area contributed by atoms with Crippen LogP contribution in [0.15, 0.2) is 6.33 Å². The summed E-state index contributed by atoms with van der Waals surface area (Å²) in [6.07, 6.45) is 5.41. The van der Waals surface area contributed by atoms with Crippen LogP contribution < -0.4 is 5.32 Å². The summed E-state index contributed by atoms with van der Waals surface area (Å²) in [5.41, 5.74) is 0. The smallest absolute Gasteiger partial charge is 0.150 e. The van der Waals surface area contributed by atoms with Gasteiger partial charge in [-0.1, -0.05) is 6.92 Å². The average molecular weight is 194 g/mol. The predicted octanol–water partition coefficient (Wildman–Crippen LogP) is 1.67. The van der Waals surface area contributed by atoms with E-state index in [1.54, 1.807) is 0 Å². The number of rotatable bonds is 3. The Kier molecular flexibility index (Phi) is 2.82. The Balaban J connectivity index is 2.19. The second-order valence-corrected chi connectivity index (χ2v) is 4.00. The van der Waals surface area contributed by atoms with Gasteiger partial charge in [0.2, 0.25) is 0 Å². The molecule has 1 aliphatic rings. The maximum Gasteiger partial charge on any atom is 0.150 e. The van der Waals surface area contributed by atoms with Crippen molar-refractivity contribution >= 4 is 0 Å². The van der Waals surface area contributed by atoms with Crippen LogP contribution in [-0.4, -0.2) is 21.3 Å². The first-order chi connectivity index (χ1) is 6.83. The number of hydrogen-bond acceptors (Lipinski definition) is 3. The molecule has 1 N–H and O–H groups in total. The lowest BCUT2D eigenvalue weighted by molar-refractivity contribution is 0.471. The maximum atomic E-state index is 4.22. The molecule has 4 nitrogen and oxygen atoms in total. The Morgan fingerprint density at radius 1 is 1.71 bits per heavy atom. The minimum Gasteiger partial charge on any atom is -0.313 e. The van der Waals surface area contributed by atoms with Gasteiger partial charge < -0.3 is 9.88 Å². The molecule has 2 atom stereocenters. The maximum absolute atomic E-state index is 4.22. The molecular weight excluding hydrogens is 176 g/mol. The summed E-state index contributed by atoms with van der Waals surface area (Å²) in [5, 5.41) is 11.7. The molecule has 1 aromatic heterocycles. The van der Waals surface area contributed by atoms with Crippen LogP contribution in [0.2, 0.25) is 0 Å². The fraction of sp³-hybridized carbons (Fsp3) is 0.800. The van der Waals surface area contributed by atoms with Crippen LogP contribution in [0.3, 0.4) is 0 Å². The number of nitrogens with one attached hydrogen (secondary N) is 1. The van der Waals surface area contributed by atoms with Crippen molar-refractivity contribution in [1.82, 2.24) is 20.1 Å². The largest absolute Gasteiger partial charge is 0.313 e. The van der Waals surface area contributed by atoms with Gasteiger partial charge in [-0.25, -0.2) is 0 Å². The molecule has 1 fully saturated rings. The van der Waals surface area contributed by atoms with Gasteiger partial charge in [0.25, 0.3) is 0 Å². The van der Waals surface area contributed by atoms with E-state index in [1.807, 2.05) is 6.33 Å². The second-order valence-electron chi connectivity index (χ2n) is 4.00. The molecule has 0 bridgehead atoms. The van der Waals surface area contributed by atoms with Gasteiger partial charge in [-0.2, -0.15) is 0 Å². The Bertz CT molecular complexity index is 288. The summed E-state index contributed by atoms with van der Waals surface area (Å²) < 4.78 is 2.20. The molecule has 0 spiro atoms. The number of nitrogens with zero attached hydrogens (tertiary/aromatic N) is 3. The van der Waals surface area contributed by atoms with E-state index in [1.165, 1.54) is 12.8 Å². The average Bonchev–Trinajstić information content (AvgIpc) is 2.85. The molecule has 0 aliphatic carbocycles. The van der Waals surface area contributed by atoms with Crippen LogP contribution >= 0.6 is 0 Å². The van der Waals surface area contributed by atoms with Crippen molar-refractivity contribution in [3.05, 3.63) is 12.2 Å². The summed E-state index contributed by atoms with van der Waals surface area (Å²) in [4.78, 5) is 0. The van der Waals surface area contributed by atoms with Crippen molar-refractivity contribution in [2.45, 2.75) is 45.2 Å². The predicted molar refractivity (Wildman–Crippen MR) is 55.0 cm³/mol. The van der Waals surface area contributed by atoms with Gasteiger partial charge in [-0.3, -0.25) is 0 Å². The highest BCUT2D eigenvalue weighted by Gasteiger charge is 2.22. The lowest BCUT2D eigenvalue weighted by Crippen LogP contribution is -2.19. The zero-order valence-corrected chi connectivity index (χ0v) is 8.90. The summed E-state index contributed by atoms with van der Waals surface area (Å²) in [7, 11) is 0. The van der Waals surface area contributed by atoms with Gasteiger partial charge in [-0.15, -0.1) is 10.2 Å². The van der Waals surface area contributed by atoms with Crippen molar-refractivity contribution in [2.75, 3.05) is 6.54 Å². The fourth-order valence-corrected chi connectivity index (χ4v) is 1.94. The molecule has 1 aromatic rings. The highest BCUT2D eigenvalue weighted by atomic mass is 15.3.